The molecule has 2 N–H and O–H groups in total. The number of aromatic hydroxyl groups is 1. The Hall–Kier alpha value is -2.24. The highest BCUT2D eigenvalue weighted by atomic mass is 16.5. The highest BCUT2D eigenvalue weighted by Crippen LogP contribution is 2.41. The summed E-state index contributed by atoms with van der Waals surface area (Å²) in [6, 6.07) is 1.69. The van der Waals surface area contributed by atoms with Crippen molar-refractivity contribution in [1.82, 2.24) is 0 Å². The summed E-state index contributed by atoms with van der Waals surface area (Å²) in [5.41, 5.74) is 0.952. The molecule has 0 radical (unpaired) electrons. The van der Waals surface area contributed by atoms with E-state index in [-0.39, 0.29) is 23.7 Å². The summed E-state index contributed by atoms with van der Waals surface area (Å²) in [4.78, 5) is 22.9. The normalized spacial score (nSPS) is 10.5. The molecule has 0 aliphatic heterocycles. The first-order valence-corrected chi connectivity index (χ1v) is 8.61. The van der Waals surface area contributed by atoms with Crippen molar-refractivity contribution in [3.8, 4) is 17.2 Å². The van der Waals surface area contributed by atoms with Crippen LogP contribution in [0, 0.1) is 6.92 Å². The summed E-state index contributed by atoms with van der Waals surface area (Å²) in [7, 11) is 2.90. The SMILES string of the molecule is COc1cc(C)c(C(=O)CCCCCCCCC(=O)O)c(O)c1OC. The average molecular weight is 352 g/mol. The van der Waals surface area contributed by atoms with E-state index in [2.05, 4.69) is 0 Å². The minimum atomic E-state index is -0.754. The number of carbonyl (C=O) groups is 2. The molecule has 1 aromatic carbocycles. The van der Waals surface area contributed by atoms with Gasteiger partial charge in [0.1, 0.15) is 0 Å². The zero-order chi connectivity index (χ0) is 18.8. The summed E-state index contributed by atoms with van der Waals surface area (Å²) in [5.74, 6) is -0.458. The number of ether oxygens (including phenoxy) is 2. The van der Waals surface area contributed by atoms with Crippen LogP contribution in [0.4, 0.5) is 0 Å². The second-order valence-corrected chi connectivity index (χ2v) is 6.09. The Balaban J connectivity index is 2.49. The van der Waals surface area contributed by atoms with E-state index in [4.69, 9.17) is 14.6 Å². The van der Waals surface area contributed by atoms with Gasteiger partial charge in [0.05, 0.1) is 19.8 Å². The van der Waals surface area contributed by atoms with Crippen LogP contribution in [0.5, 0.6) is 17.2 Å². The first-order chi connectivity index (χ1) is 11.9. The molecule has 1 aromatic rings. The molecule has 0 bridgehead atoms. The summed E-state index contributed by atoms with van der Waals surface area (Å²) >= 11 is 0. The molecule has 1 rings (SSSR count). The van der Waals surface area contributed by atoms with Crippen LogP contribution < -0.4 is 9.47 Å². The van der Waals surface area contributed by atoms with E-state index in [1.165, 1.54) is 14.2 Å². The van der Waals surface area contributed by atoms with Gasteiger partial charge in [0.2, 0.25) is 5.75 Å². The largest absolute Gasteiger partial charge is 0.504 e. The molecule has 0 aliphatic carbocycles. The van der Waals surface area contributed by atoms with Gasteiger partial charge in [-0.05, 0) is 31.4 Å². The van der Waals surface area contributed by atoms with E-state index in [1.54, 1.807) is 13.0 Å². The third-order valence-electron chi connectivity index (χ3n) is 4.16. The van der Waals surface area contributed by atoms with E-state index >= 15 is 0 Å². The van der Waals surface area contributed by atoms with Crippen LogP contribution in [-0.2, 0) is 4.79 Å². The van der Waals surface area contributed by atoms with E-state index in [0.29, 0.717) is 29.7 Å². The van der Waals surface area contributed by atoms with Crippen molar-refractivity contribution in [3.05, 3.63) is 17.2 Å². The number of benzene rings is 1. The number of carboxylic acid groups (broad SMARTS) is 1. The van der Waals surface area contributed by atoms with Crippen molar-refractivity contribution in [2.24, 2.45) is 0 Å². The molecule has 0 aromatic heterocycles. The third kappa shape index (κ3) is 6.29. The van der Waals surface area contributed by atoms with Crippen LogP contribution in [0.15, 0.2) is 6.07 Å². The standard InChI is InChI=1S/C19H28O6/c1-13-12-15(24-2)19(25-3)18(23)17(13)14(20)10-8-6-4-5-7-9-11-16(21)22/h12,23H,4-11H2,1-3H3,(H,21,22). The summed E-state index contributed by atoms with van der Waals surface area (Å²) < 4.78 is 10.3. The number of methoxy groups -OCH3 is 2. The second-order valence-electron chi connectivity index (χ2n) is 6.09. The highest BCUT2D eigenvalue weighted by molar-refractivity contribution is 6.01. The van der Waals surface area contributed by atoms with Gasteiger partial charge in [-0.15, -0.1) is 0 Å². The van der Waals surface area contributed by atoms with E-state index in [1.807, 2.05) is 0 Å². The van der Waals surface area contributed by atoms with Crippen LogP contribution >= 0.6 is 0 Å². The number of phenols is 1. The van der Waals surface area contributed by atoms with Gasteiger partial charge in [-0.2, -0.15) is 0 Å². The minimum Gasteiger partial charge on any atom is -0.504 e. The van der Waals surface area contributed by atoms with Gasteiger partial charge >= 0.3 is 5.97 Å². The van der Waals surface area contributed by atoms with Gasteiger partial charge in [-0.25, -0.2) is 0 Å². The van der Waals surface area contributed by atoms with E-state index in [0.717, 1.165) is 32.1 Å². The molecule has 6 heteroatoms. The maximum absolute atomic E-state index is 12.4. The molecular formula is C19H28O6. The van der Waals surface area contributed by atoms with Crippen molar-refractivity contribution < 1.29 is 29.3 Å². The van der Waals surface area contributed by atoms with Gasteiger partial charge in [0, 0.05) is 12.8 Å². The molecule has 0 spiro atoms. The van der Waals surface area contributed by atoms with Gasteiger partial charge < -0.3 is 19.7 Å². The van der Waals surface area contributed by atoms with E-state index in [9.17, 15) is 14.7 Å². The number of carbonyl (C=O) groups excluding carboxylic acids is 1. The number of aryl methyl sites for hydroxylation is 1. The maximum atomic E-state index is 12.4. The van der Waals surface area contributed by atoms with Crippen LogP contribution in [0.3, 0.4) is 0 Å². The van der Waals surface area contributed by atoms with Crippen LogP contribution in [0.2, 0.25) is 0 Å². The number of Topliss-reactive ketones (excluding diaryl/α,β-unsaturated/α-hetero) is 1. The predicted octanol–water partition coefficient (Wildman–Crippen LogP) is 4.11. The number of ketones is 1. The second kappa shape index (κ2) is 10.6. The maximum Gasteiger partial charge on any atom is 0.303 e. The number of hydrogen-bond acceptors (Lipinski definition) is 5. The summed E-state index contributed by atoms with van der Waals surface area (Å²) in [6.45, 7) is 1.76. The van der Waals surface area contributed by atoms with Crippen molar-refractivity contribution in [3.63, 3.8) is 0 Å². The average Bonchev–Trinajstić information content (AvgIpc) is 2.56. The lowest BCUT2D eigenvalue weighted by molar-refractivity contribution is -0.137. The fourth-order valence-electron chi connectivity index (χ4n) is 2.85. The third-order valence-corrected chi connectivity index (χ3v) is 4.16. The van der Waals surface area contributed by atoms with Crippen LogP contribution in [0.1, 0.15) is 67.3 Å². The Morgan fingerprint density at radius 3 is 2.04 bits per heavy atom. The predicted molar refractivity (Wildman–Crippen MR) is 94.9 cm³/mol. The first kappa shape index (κ1) is 20.8. The van der Waals surface area contributed by atoms with Crippen molar-refractivity contribution in [1.29, 1.82) is 0 Å². The van der Waals surface area contributed by atoms with Crippen molar-refractivity contribution >= 4 is 11.8 Å². The molecule has 0 fully saturated rings. The summed E-state index contributed by atoms with van der Waals surface area (Å²) in [6.07, 6.45) is 5.78. The van der Waals surface area contributed by atoms with Crippen LogP contribution in [-0.4, -0.2) is 36.2 Å². The number of rotatable bonds is 12. The van der Waals surface area contributed by atoms with Gasteiger partial charge in [-0.3, -0.25) is 9.59 Å². The molecule has 0 aliphatic rings. The van der Waals surface area contributed by atoms with Gasteiger partial charge in [0.15, 0.2) is 17.3 Å². The zero-order valence-corrected chi connectivity index (χ0v) is 15.3. The lowest BCUT2D eigenvalue weighted by Gasteiger charge is -2.15. The molecule has 25 heavy (non-hydrogen) atoms. The Labute approximate surface area is 148 Å². The number of hydrogen-bond donors (Lipinski definition) is 2. The number of unbranched alkanes of at least 4 members (excludes halogenated alkanes) is 5. The number of aliphatic carboxylic acids is 1. The van der Waals surface area contributed by atoms with Crippen molar-refractivity contribution in [2.75, 3.05) is 14.2 Å². The van der Waals surface area contributed by atoms with Crippen LogP contribution in [0.25, 0.3) is 0 Å². The monoisotopic (exact) mass is 352 g/mol. The Kier molecular flexibility index (Phi) is 8.81. The highest BCUT2D eigenvalue weighted by Gasteiger charge is 2.21. The quantitative estimate of drug-likeness (QED) is 0.434. The molecule has 0 saturated heterocycles. The molecule has 0 unspecified atom stereocenters. The number of phenolic OH excluding ortho intramolecular Hbond substituents is 1. The smallest absolute Gasteiger partial charge is 0.303 e. The fraction of sp³-hybridized carbons (Fsp3) is 0.579. The molecule has 140 valence electrons. The number of carboxylic acids is 1. The molecule has 0 amide bonds. The first-order valence-electron chi connectivity index (χ1n) is 8.61. The van der Waals surface area contributed by atoms with Gasteiger partial charge in [-0.1, -0.05) is 25.7 Å². The fourth-order valence-corrected chi connectivity index (χ4v) is 2.85. The van der Waals surface area contributed by atoms with Crippen molar-refractivity contribution in [2.45, 2.75) is 58.3 Å². The topological polar surface area (TPSA) is 93.1 Å². The van der Waals surface area contributed by atoms with E-state index < -0.39 is 5.97 Å². The molecule has 0 saturated carbocycles. The molecule has 0 atom stereocenters. The Bertz CT molecular complexity index is 594. The molecule has 0 heterocycles. The Morgan fingerprint density at radius 2 is 1.52 bits per heavy atom. The van der Waals surface area contributed by atoms with Gasteiger partial charge in [0.25, 0.3) is 0 Å². The summed E-state index contributed by atoms with van der Waals surface area (Å²) in [5, 5.41) is 18.9. The Morgan fingerprint density at radius 1 is 0.960 bits per heavy atom. The zero-order valence-electron chi connectivity index (χ0n) is 15.3. The lowest BCUT2D eigenvalue weighted by Crippen LogP contribution is -2.05. The molecule has 6 nitrogen and oxygen atoms in total. The lowest BCUT2D eigenvalue weighted by atomic mass is 9.97. The molecular weight excluding hydrogens is 324 g/mol. The minimum absolute atomic E-state index is 0.109.